The summed E-state index contributed by atoms with van der Waals surface area (Å²) in [5.41, 5.74) is 1.46. The Bertz CT molecular complexity index is 528. The van der Waals surface area contributed by atoms with Crippen LogP contribution >= 0.6 is 0 Å². The Morgan fingerprint density at radius 1 is 1.16 bits per heavy atom. The standard InChI is InChI=1S/C21H34N2O2/c1-21(2,3)17-11-13-19(14-12-17)25-16-8-15-22-20(24)23(4)18-9-6-5-7-10-18/h11-14,18H,5-10,15-16H2,1-4H3,(H,22,24). The van der Waals surface area contributed by atoms with Gasteiger partial charge in [-0.25, -0.2) is 4.79 Å². The third-order valence-corrected chi connectivity index (χ3v) is 5.03. The van der Waals surface area contributed by atoms with E-state index in [9.17, 15) is 4.79 Å². The molecule has 4 nitrogen and oxygen atoms in total. The van der Waals surface area contributed by atoms with Gasteiger partial charge in [-0.15, -0.1) is 0 Å². The summed E-state index contributed by atoms with van der Waals surface area (Å²) in [7, 11) is 1.92. The molecule has 25 heavy (non-hydrogen) atoms. The molecule has 2 amide bonds. The molecule has 0 bridgehead atoms. The smallest absolute Gasteiger partial charge is 0.317 e. The molecule has 0 aliphatic heterocycles. The monoisotopic (exact) mass is 346 g/mol. The van der Waals surface area contributed by atoms with Crippen LogP contribution < -0.4 is 10.1 Å². The lowest BCUT2D eigenvalue weighted by Gasteiger charge is -2.31. The third kappa shape index (κ3) is 6.26. The molecule has 0 spiro atoms. The van der Waals surface area contributed by atoms with E-state index in [1.54, 1.807) is 0 Å². The van der Waals surface area contributed by atoms with Crippen molar-refractivity contribution in [3.8, 4) is 5.75 Å². The van der Waals surface area contributed by atoms with Crippen molar-refractivity contribution in [2.45, 2.75) is 70.8 Å². The fourth-order valence-corrected chi connectivity index (χ4v) is 3.27. The topological polar surface area (TPSA) is 41.6 Å². The van der Waals surface area contributed by atoms with Gasteiger partial charge in [-0.1, -0.05) is 52.2 Å². The van der Waals surface area contributed by atoms with E-state index in [2.05, 4.69) is 38.2 Å². The van der Waals surface area contributed by atoms with E-state index in [4.69, 9.17) is 4.74 Å². The van der Waals surface area contributed by atoms with Crippen molar-refractivity contribution in [3.63, 3.8) is 0 Å². The highest BCUT2D eigenvalue weighted by molar-refractivity contribution is 5.74. The highest BCUT2D eigenvalue weighted by Crippen LogP contribution is 2.24. The molecule has 1 N–H and O–H groups in total. The minimum Gasteiger partial charge on any atom is -0.494 e. The van der Waals surface area contributed by atoms with Crippen LogP contribution in [0.4, 0.5) is 4.79 Å². The molecule has 2 rings (SSSR count). The number of nitrogens with zero attached hydrogens (tertiary/aromatic N) is 1. The molecule has 1 fully saturated rings. The molecule has 1 aromatic rings. The summed E-state index contributed by atoms with van der Waals surface area (Å²) in [6.07, 6.45) is 6.87. The molecular formula is C21H34N2O2. The van der Waals surface area contributed by atoms with Crippen LogP contribution in [0.15, 0.2) is 24.3 Å². The highest BCUT2D eigenvalue weighted by atomic mass is 16.5. The van der Waals surface area contributed by atoms with Gasteiger partial charge in [-0.3, -0.25) is 0 Å². The second-order valence-electron chi connectivity index (χ2n) is 8.11. The second-order valence-corrected chi connectivity index (χ2v) is 8.11. The minimum absolute atomic E-state index is 0.0430. The lowest BCUT2D eigenvalue weighted by molar-refractivity contribution is 0.173. The normalized spacial score (nSPS) is 15.7. The lowest BCUT2D eigenvalue weighted by atomic mass is 9.87. The van der Waals surface area contributed by atoms with Crippen molar-refractivity contribution in [3.05, 3.63) is 29.8 Å². The Labute approximate surface area is 152 Å². The maximum atomic E-state index is 12.2. The van der Waals surface area contributed by atoms with Crippen LogP contribution in [0.3, 0.4) is 0 Å². The molecule has 0 atom stereocenters. The number of carbonyl (C=O) groups excluding carboxylic acids is 1. The fourth-order valence-electron chi connectivity index (χ4n) is 3.27. The summed E-state index contributed by atoms with van der Waals surface area (Å²) in [5.74, 6) is 0.888. The van der Waals surface area contributed by atoms with Gasteiger partial charge in [0.05, 0.1) is 6.61 Å². The van der Waals surface area contributed by atoms with Crippen LogP contribution in [0.2, 0.25) is 0 Å². The average molecular weight is 347 g/mol. The average Bonchev–Trinajstić information content (AvgIpc) is 2.61. The lowest BCUT2D eigenvalue weighted by Crippen LogP contribution is -2.44. The van der Waals surface area contributed by atoms with Crippen LogP contribution in [-0.2, 0) is 5.41 Å². The molecule has 0 heterocycles. The van der Waals surface area contributed by atoms with Crippen LogP contribution in [0.25, 0.3) is 0 Å². The van der Waals surface area contributed by atoms with Crippen LogP contribution in [0.5, 0.6) is 5.75 Å². The van der Waals surface area contributed by atoms with E-state index in [0.717, 1.165) is 25.0 Å². The first-order valence-electron chi connectivity index (χ1n) is 9.62. The van der Waals surface area contributed by atoms with Gasteiger partial charge in [-0.2, -0.15) is 0 Å². The van der Waals surface area contributed by atoms with Crippen molar-refractivity contribution in [2.24, 2.45) is 0 Å². The predicted molar refractivity (Wildman–Crippen MR) is 103 cm³/mol. The maximum Gasteiger partial charge on any atom is 0.317 e. The largest absolute Gasteiger partial charge is 0.494 e. The van der Waals surface area contributed by atoms with Gasteiger partial charge < -0.3 is 15.0 Å². The molecule has 1 saturated carbocycles. The summed E-state index contributed by atoms with van der Waals surface area (Å²) < 4.78 is 5.77. The predicted octanol–water partition coefficient (Wildman–Crippen LogP) is 4.73. The fraction of sp³-hybridized carbons (Fsp3) is 0.667. The Hall–Kier alpha value is -1.71. The van der Waals surface area contributed by atoms with Crippen molar-refractivity contribution in [2.75, 3.05) is 20.2 Å². The van der Waals surface area contributed by atoms with E-state index >= 15 is 0 Å². The minimum atomic E-state index is 0.0430. The maximum absolute atomic E-state index is 12.2. The van der Waals surface area contributed by atoms with Crippen molar-refractivity contribution < 1.29 is 9.53 Å². The SMILES string of the molecule is CN(C(=O)NCCCOc1ccc(C(C)(C)C)cc1)C1CCCCC1. The van der Waals surface area contributed by atoms with Gasteiger partial charge in [0.1, 0.15) is 5.75 Å². The number of nitrogens with one attached hydrogen (secondary N) is 1. The Morgan fingerprint density at radius 3 is 2.40 bits per heavy atom. The molecule has 1 aliphatic rings. The van der Waals surface area contributed by atoms with E-state index in [-0.39, 0.29) is 11.4 Å². The van der Waals surface area contributed by atoms with Crippen molar-refractivity contribution in [1.29, 1.82) is 0 Å². The zero-order valence-electron chi connectivity index (χ0n) is 16.3. The molecule has 0 aromatic heterocycles. The quantitative estimate of drug-likeness (QED) is 0.757. The first kappa shape index (κ1) is 19.6. The number of urea groups is 1. The van der Waals surface area contributed by atoms with Crippen LogP contribution in [-0.4, -0.2) is 37.2 Å². The second kappa shape index (κ2) is 9.12. The van der Waals surface area contributed by atoms with E-state index in [1.807, 2.05) is 24.1 Å². The van der Waals surface area contributed by atoms with Gasteiger partial charge in [0, 0.05) is 19.6 Å². The summed E-state index contributed by atoms with van der Waals surface area (Å²) in [6, 6.07) is 8.74. The first-order chi connectivity index (χ1) is 11.9. The van der Waals surface area contributed by atoms with Crippen LogP contribution in [0.1, 0.15) is 64.9 Å². The van der Waals surface area contributed by atoms with Gasteiger partial charge in [0.15, 0.2) is 0 Å². The molecule has 0 radical (unpaired) electrons. The summed E-state index contributed by atoms with van der Waals surface area (Å²) >= 11 is 0. The molecule has 1 aromatic carbocycles. The highest BCUT2D eigenvalue weighted by Gasteiger charge is 2.21. The Balaban J connectivity index is 1.63. The summed E-state index contributed by atoms with van der Waals surface area (Å²) in [5, 5.41) is 3.00. The number of rotatable bonds is 6. The number of ether oxygens (including phenoxy) is 1. The summed E-state index contributed by atoms with van der Waals surface area (Å²) in [6.45, 7) is 7.87. The van der Waals surface area contributed by atoms with Crippen molar-refractivity contribution >= 4 is 6.03 Å². The van der Waals surface area contributed by atoms with Gasteiger partial charge in [0.25, 0.3) is 0 Å². The molecule has 0 saturated heterocycles. The Kier molecular flexibility index (Phi) is 7.15. The first-order valence-corrected chi connectivity index (χ1v) is 9.62. The number of amides is 2. The van der Waals surface area contributed by atoms with E-state index in [1.165, 1.54) is 24.8 Å². The van der Waals surface area contributed by atoms with Gasteiger partial charge >= 0.3 is 6.03 Å². The summed E-state index contributed by atoms with van der Waals surface area (Å²) in [4.78, 5) is 14.1. The molecule has 0 unspecified atom stereocenters. The van der Waals surface area contributed by atoms with Gasteiger partial charge in [0.2, 0.25) is 0 Å². The zero-order chi connectivity index (χ0) is 18.3. The molecular weight excluding hydrogens is 312 g/mol. The number of hydrogen-bond donors (Lipinski definition) is 1. The molecule has 140 valence electrons. The number of carbonyl (C=O) groups is 1. The molecule has 4 heteroatoms. The number of hydrogen-bond acceptors (Lipinski definition) is 2. The van der Waals surface area contributed by atoms with Crippen molar-refractivity contribution in [1.82, 2.24) is 10.2 Å². The third-order valence-electron chi connectivity index (χ3n) is 5.03. The zero-order valence-corrected chi connectivity index (χ0v) is 16.3. The van der Waals surface area contributed by atoms with Gasteiger partial charge in [-0.05, 0) is 42.4 Å². The van der Waals surface area contributed by atoms with Crippen LogP contribution in [0, 0.1) is 0 Å². The van der Waals surface area contributed by atoms with E-state index < -0.39 is 0 Å². The Morgan fingerprint density at radius 2 is 1.80 bits per heavy atom. The molecule has 1 aliphatic carbocycles. The number of benzene rings is 1. The van der Waals surface area contributed by atoms with E-state index in [0.29, 0.717) is 19.2 Å².